The monoisotopic (exact) mass is 350 g/mol. The van der Waals surface area contributed by atoms with Crippen LogP contribution in [-0.2, 0) is 0 Å². The highest BCUT2D eigenvalue weighted by Crippen LogP contribution is 2.24. The normalized spacial score (nSPS) is 10.8. The molecular formula is C21H22N2O3. The molecule has 26 heavy (non-hydrogen) atoms. The van der Waals surface area contributed by atoms with Gasteiger partial charge in [-0.2, -0.15) is 0 Å². The Hall–Kier alpha value is -3.08. The number of hydrogen-bond donors (Lipinski definition) is 1. The standard InChI is InChI=1S/C21H22N2O3/c1-13(2)25-17-8-6-16(7-9-17)20-12-19(23-26-20)21(24)22-18-10-5-14(3)11-15(18)4/h5-13H,1-4H3,(H,22,24). The Morgan fingerprint density at radius 3 is 2.46 bits per heavy atom. The van der Waals surface area contributed by atoms with Gasteiger partial charge in [-0.3, -0.25) is 4.79 Å². The van der Waals surface area contributed by atoms with Crippen LogP contribution >= 0.6 is 0 Å². The summed E-state index contributed by atoms with van der Waals surface area (Å²) in [5.74, 6) is 1.02. The van der Waals surface area contributed by atoms with Crippen molar-refractivity contribution in [1.82, 2.24) is 5.16 Å². The van der Waals surface area contributed by atoms with Gasteiger partial charge in [0, 0.05) is 17.3 Å². The number of anilines is 1. The molecule has 0 atom stereocenters. The van der Waals surface area contributed by atoms with Crippen LogP contribution in [0.15, 0.2) is 53.1 Å². The first-order valence-corrected chi connectivity index (χ1v) is 8.55. The van der Waals surface area contributed by atoms with Crippen molar-refractivity contribution in [2.24, 2.45) is 0 Å². The predicted molar refractivity (Wildman–Crippen MR) is 102 cm³/mol. The second kappa shape index (κ2) is 7.44. The molecule has 0 unspecified atom stereocenters. The topological polar surface area (TPSA) is 64.4 Å². The largest absolute Gasteiger partial charge is 0.491 e. The molecule has 3 aromatic rings. The number of carbonyl (C=O) groups excluding carboxylic acids is 1. The minimum atomic E-state index is -0.299. The third kappa shape index (κ3) is 4.11. The van der Waals surface area contributed by atoms with E-state index in [4.69, 9.17) is 9.26 Å². The smallest absolute Gasteiger partial charge is 0.277 e. The lowest BCUT2D eigenvalue weighted by atomic mass is 10.1. The molecule has 0 radical (unpaired) electrons. The van der Waals surface area contributed by atoms with Gasteiger partial charge in [0.2, 0.25) is 0 Å². The van der Waals surface area contributed by atoms with E-state index in [1.165, 1.54) is 0 Å². The molecule has 1 amide bonds. The van der Waals surface area contributed by atoms with Crippen LogP contribution in [0.3, 0.4) is 0 Å². The number of benzene rings is 2. The highest BCUT2D eigenvalue weighted by molar-refractivity contribution is 6.03. The van der Waals surface area contributed by atoms with Crippen LogP contribution in [0.4, 0.5) is 5.69 Å². The van der Waals surface area contributed by atoms with E-state index >= 15 is 0 Å². The predicted octanol–water partition coefficient (Wildman–Crippen LogP) is 5.00. The summed E-state index contributed by atoms with van der Waals surface area (Å²) in [5, 5.41) is 6.76. The van der Waals surface area contributed by atoms with Crippen molar-refractivity contribution in [3.05, 3.63) is 65.4 Å². The van der Waals surface area contributed by atoms with Crippen molar-refractivity contribution in [1.29, 1.82) is 0 Å². The molecule has 0 aliphatic rings. The number of ether oxygens (including phenoxy) is 1. The number of rotatable bonds is 5. The average molecular weight is 350 g/mol. The van der Waals surface area contributed by atoms with Crippen molar-refractivity contribution in [2.45, 2.75) is 33.8 Å². The van der Waals surface area contributed by atoms with Crippen molar-refractivity contribution < 1.29 is 14.1 Å². The van der Waals surface area contributed by atoms with Crippen LogP contribution < -0.4 is 10.1 Å². The zero-order valence-corrected chi connectivity index (χ0v) is 15.4. The Balaban J connectivity index is 1.73. The number of nitrogens with zero attached hydrogens (tertiary/aromatic N) is 1. The van der Waals surface area contributed by atoms with Crippen LogP contribution in [0.5, 0.6) is 5.75 Å². The summed E-state index contributed by atoms with van der Waals surface area (Å²) in [7, 11) is 0. The lowest BCUT2D eigenvalue weighted by molar-refractivity contribution is 0.101. The number of amides is 1. The minimum Gasteiger partial charge on any atom is -0.491 e. The Morgan fingerprint density at radius 2 is 1.81 bits per heavy atom. The Morgan fingerprint density at radius 1 is 1.08 bits per heavy atom. The molecule has 5 heteroatoms. The van der Waals surface area contributed by atoms with Crippen LogP contribution in [0, 0.1) is 13.8 Å². The number of carbonyl (C=O) groups is 1. The highest BCUT2D eigenvalue weighted by atomic mass is 16.5. The third-order valence-corrected chi connectivity index (χ3v) is 3.88. The van der Waals surface area contributed by atoms with Gasteiger partial charge < -0.3 is 14.6 Å². The fraction of sp³-hybridized carbons (Fsp3) is 0.238. The maximum atomic E-state index is 12.4. The fourth-order valence-electron chi connectivity index (χ4n) is 2.63. The van der Waals surface area contributed by atoms with Gasteiger partial charge in [-0.15, -0.1) is 0 Å². The molecule has 2 aromatic carbocycles. The van der Waals surface area contributed by atoms with E-state index in [0.29, 0.717) is 5.76 Å². The van der Waals surface area contributed by atoms with Crippen LogP contribution in [-0.4, -0.2) is 17.2 Å². The lowest BCUT2D eigenvalue weighted by Gasteiger charge is -2.09. The van der Waals surface area contributed by atoms with Gasteiger partial charge in [0.05, 0.1) is 6.10 Å². The van der Waals surface area contributed by atoms with Crippen molar-refractivity contribution in [2.75, 3.05) is 5.32 Å². The van der Waals surface area contributed by atoms with Gasteiger partial charge in [-0.25, -0.2) is 0 Å². The first-order valence-electron chi connectivity index (χ1n) is 8.55. The zero-order chi connectivity index (χ0) is 18.7. The Bertz CT molecular complexity index is 911. The number of hydrogen-bond acceptors (Lipinski definition) is 4. The van der Waals surface area contributed by atoms with E-state index in [2.05, 4.69) is 10.5 Å². The third-order valence-electron chi connectivity index (χ3n) is 3.88. The van der Waals surface area contributed by atoms with Crippen molar-refractivity contribution >= 4 is 11.6 Å². The molecule has 5 nitrogen and oxygen atoms in total. The molecule has 1 N–H and O–H groups in total. The summed E-state index contributed by atoms with van der Waals surface area (Å²) in [6, 6.07) is 15.0. The van der Waals surface area contributed by atoms with Gasteiger partial charge in [0.1, 0.15) is 5.75 Å². The van der Waals surface area contributed by atoms with Gasteiger partial charge >= 0.3 is 0 Å². The second-order valence-electron chi connectivity index (χ2n) is 6.54. The molecule has 0 saturated heterocycles. The summed E-state index contributed by atoms with van der Waals surface area (Å²) >= 11 is 0. The lowest BCUT2D eigenvalue weighted by Crippen LogP contribution is -2.13. The zero-order valence-electron chi connectivity index (χ0n) is 15.4. The summed E-state index contributed by atoms with van der Waals surface area (Å²) in [6.07, 6.45) is 0.117. The maximum absolute atomic E-state index is 12.4. The van der Waals surface area contributed by atoms with Crippen molar-refractivity contribution in [3.63, 3.8) is 0 Å². The molecule has 0 aliphatic heterocycles. The van der Waals surface area contributed by atoms with E-state index in [9.17, 15) is 4.79 Å². The molecule has 3 rings (SSSR count). The molecule has 1 heterocycles. The van der Waals surface area contributed by atoms with E-state index < -0.39 is 0 Å². The fourth-order valence-corrected chi connectivity index (χ4v) is 2.63. The van der Waals surface area contributed by atoms with E-state index in [1.807, 2.05) is 70.2 Å². The number of aromatic nitrogens is 1. The molecular weight excluding hydrogens is 328 g/mol. The maximum Gasteiger partial charge on any atom is 0.277 e. The minimum absolute atomic E-state index is 0.117. The van der Waals surface area contributed by atoms with Crippen molar-refractivity contribution in [3.8, 4) is 17.1 Å². The summed E-state index contributed by atoms with van der Waals surface area (Å²) in [6.45, 7) is 7.92. The SMILES string of the molecule is Cc1ccc(NC(=O)c2cc(-c3ccc(OC(C)C)cc3)on2)c(C)c1. The molecule has 0 saturated carbocycles. The Labute approximate surface area is 153 Å². The highest BCUT2D eigenvalue weighted by Gasteiger charge is 2.15. The number of nitrogens with one attached hydrogen (secondary N) is 1. The first kappa shape index (κ1) is 17.7. The molecule has 0 spiro atoms. The molecule has 0 bridgehead atoms. The Kier molecular flexibility index (Phi) is 5.07. The van der Waals surface area contributed by atoms with Crippen LogP contribution in [0.25, 0.3) is 11.3 Å². The van der Waals surface area contributed by atoms with Crippen LogP contribution in [0.2, 0.25) is 0 Å². The van der Waals surface area contributed by atoms with Gasteiger partial charge in [-0.1, -0.05) is 22.9 Å². The van der Waals surface area contributed by atoms with Gasteiger partial charge in [0.15, 0.2) is 11.5 Å². The summed E-state index contributed by atoms with van der Waals surface area (Å²) < 4.78 is 11.0. The van der Waals surface area contributed by atoms with E-state index in [-0.39, 0.29) is 17.7 Å². The van der Waals surface area contributed by atoms with E-state index in [1.54, 1.807) is 6.07 Å². The van der Waals surface area contributed by atoms with Gasteiger partial charge in [0.25, 0.3) is 5.91 Å². The second-order valence-corrected chi connectivity index (χ2v) is 6.54. The quantitative estimate of drug-likeness (QED) is 0.703. The molecule has 134 valence electrons. The molecule has 0 fully saturated rings. The average Bonchev–Trinajstić information content (AvgIpc) is 3.08. The molecule has 1 aromatic heterocycles. The summed E-state index contributed by atoms with van der Waals surface area (Å²) in [4.78, 5) is 12.4. The van der Waals surface area contributed by atoms with Crippen LogP contribution in [0.1, 0.15) is 35.5 Å². The molecule has 0 aliphatic carbocycles. The first-order chi connectivity index (χ1) is 12.4. The summed E-state index contributed by atoms with van der Waals surface area (Å²) in [5.41, 5.74) is 3.99. The number of aryl methyl sites for hydroxylation is 2. The van der Waals surface area contributed by atoms with Gasteiger partial charge in [-0.05, 0) is 63.6 Å². The van der Waals surface area contributed by atoms with E-state index in [0.717, 1.165) is 28.1 Å².